The summed E-state index contributed by atoms with van der Waals surface area (Å²) in [5.41, 5.74) is 1.63. The van der Waals surface area contributed by atoms with Crippen LogP contribution in [0, 0.1) is 19.8 Å². The first-order valence-electron chi connectivity index (χ1n) is 9.58. The van der Waals surface area contributed by atoms with Crippen LogP contribution in [0.5, 0.6) is 0 Å². The van der Waals surface area contributed by atoms with Crippen LogP contribution in [-0.4, -0.2) is 50.7 Å². The second kappa shape index (κ2) is 7.31. The maximum Gasteiger partial charge on any atom is 0.244 e. The zero-order chi connectivity index (χ0) is 18.9. The molecule has 5 nitrogen and oxygen atoms in total. The van der Waals surface area contributed by atoms with E-state index >= 15 is 0 Å². The smallest absolute Gasteiger partial charge is 0.244 e. The average Bonchev–Trinajstić information content (AvgIpc) is 3.27. The predicted molar refractivity (Wildman–Crippen MR) is 103 cm³/mol. The molecule has 1 aromatic carbocycles. The number of likely N-dealkylation sites (tertiary alicyclic amines) is 1. The quantitative estimate of drug-likeness (QED) is 0.855. The molecular weight excluding hydrogens is 348 g/mol. The first-order valence-corrected chi connectivity index (χ1v) is 11.1. The van der Waals surface area contributed by atoms with Crippen LogP contribution in [0.25, 0.3) is 0 Å². The summed E-state index contributed by atoms with van der Waals surface area (Å²) in [4.78, 5) is 15.6. The number of nitrogens with one attached hydrogen (secondary N) is 1. The molecule has 3 rings (SSSR count). The lowest BCUT2D eigenvalue weighted by Gasteiger charge is -2.32. The summed E-state index contributed by atoms with van der Waals surface area (Å²) in [6.07, 6.45) is 3.41. The zero-order valence-electron chi connectivity index (χ0n) is 16.0. The molecule has 1 amide bonds. The van der Waals surface area contributed by atoms with E-state index in [1.165, 1.54) is 0 Å². The molecule has 0 aromatic heterocycles. The van der Waals surface area contributed by atoms with Gasteiger partial charge >= 0.3 is 0 Å². The number of carbonyl (C=O) groups excluding carboxylic acids is 1. The molecule has 1 aliphatic carbocycles. The van der Waals surface area contributed by atoms with Crippen molar-refractivity contribution < 1.29 is 13.2 Å². The monoisotopic (exact) mass is 378 g/mol. The molecule has 2 fully saturated rings. The van der Waals surface area contributed by atoms with Crippen molar-refractivity contribution in [1.29, 1.82) is 0 Å². The molecule has 1 N–H and O–H groups in total. The molecule has 1 saturated carbocycles. The SMILES string of the molecule is CNCC1CCN(C(=O)C2(S(=O)(=O)c3cc(C)ccc3C)CCCC2)C1. The predicted octanol–water partition coefficient (Wildman–Crippen LogP) is 2.46. The van der Waals surface area contributed by atoms with Gasteiger partial charge < -0.3 is 10.2 Å². The highest BCUT2D eigenvalue weighted by Crippen LogP contribution is 2.43. The lowest BCUT2D eigenvalue weighted by atomic mass is 10.1. The number of carbonyl (C=O) groups is 1. The molecule has 1 atom stereocenters. The maximum atomic E-state index is 13.7. The number of nitrogens with zero attached hydrogens (tertiary/aromatic N) is 1. The molecule has 0 spiro atoms. The van der Waals surface area contributed by atoms with E-state index in [2.05, 4.69) is 5.32 Å². The molecule has 6 heteroatoms. The fraction of sp³-hybridized carbons (Fsp3) is 0.650. The van der Waals surface area contributed by atoms with Crippen molar-refractivity contribution in [3.8, 4) is 0 Å². The molecule has 1 aromatic rings. The topological polar surface area (TPSA) is 66.5 Å². The third kappa shape index (κ3) is 3.18. The zero-order valence-corrected chi connectivity index (χ0v) is 16.9. The number of sulfone groups is 1. The first-order chi connectivity index (χ1) is 12.3. The minimum atomic E-state index is -3.73. The number of amides is 1. The van der Waals surface area contributed by atoms with Crippen LogP contribution in [0.4, 0.5) is 0 Å². The summed E-state index contributed by atoms with van der Waals surface area (Å²) >= 11 is 0. The lowest BCUT2D eigenvalue weighted by Crippen LogP contribution is -2.52. The van der Waals surface area contributed by atoms with Gasteiger partial charge in [-0.25, -0.2) is 8.42 Å². The van der Waals surface area contributed by atoms with Crippen molar-refractivity contribution in [1.82, 2.24) is 10.2 Å². The summed E-state index contributed by atoms with van der Waals surface area (Å²) in [6.45, 7) is 5.89. The Hall–Kier alpha value is -1.40. The summed E-state index contributed by atoms with van der Waals surface area (Å²) in [5, 5.41) is 3.16. The molecule has 0 bridgehead atoms. The first kappa shape index (κ1) is 19.4. The lowest BCUT2D eigenvalue weighted by molar-refractivity contribution is -0.133. The Kier molecular flexibility index (Phi) is 5.45. The fourth-order valence-electron chi connectivity index (χ4n) is 4.51. The van der Waals surface area contributed by atoms with Crippen LogP contribution < -0.4 is 5.32 Å². The van der Waals surface area contributed by atoms with Crippen LogP contribution in [0.1, 0.15) is 43.2 Å². The number of hydrogen-bond acceptors (Lipinski definition) is 4. The molecule has 2 aliphatic rings. The third-order valence-corrected chi connectivity index (χ3v) is 8.64. The van der Waals surface area contributed by atoms with Gasteiger partial charge in [0.2, 0.25) is 5.91 Å². The van der Waals surface area contributed by atoms with E-state index in [0.29, 0.717) is 36.7 Å². The molecule has 0 radical (unpaired) electrons. The summed E-state index contributed by atoms with van der Waals surface area (Å²) in [5.74, 6) is 0.236. The van der Waals surface area contributed by atoms with E-state index in [-0.39, 0.29) is 5.91 Å². The Balaban J connectivity index is 1.97. The number of benzene rings is 1. The largest absolute Gasteiger partial charge is 0.341 e. The van der Waals surface area contributed by atoms with Crippen molar-refractivity contribution >= 4 is 15.7 Å². The van der Waals surface area contributed by atoms with Crippen molar-refractivity contribution in [2.75, 3.05) is 26.7 Å². The van der Waals surface area contributed by atoms with Gasteiger partial charge in [-0.15, -0.1) is 0 Å². The number of aryl methyl sites for hydroxylation is 2. The molecule has 1 aliphatic heterocycles. The van der Waals surface area contributed by atoms with Crippen molar-refractivity contribution in [3.05, 3.63) is 29.3 Å². The Labute approximate surface area is 157 Å². The second-order valence-corrected chi connectivity index (χ2v) is 10.2. The third-order valence-electron chi connectivity index (χ3n) is 6.01. The van der Waals surface area contributed by atoms with Gasteiger partial charge in [0.1, 0.15) is 0 Å². The van der Waals surface area contributed by atoms with Crippen LogP contribution in [-0.2, 0) is 14.6 Å². The minimum Gasteiger partial charge on any atom is -0.341 e. The standard InChI is InChI=1S/C20H30N2O3S/c1-15-6-7-16(2)18(12-15)26(24,25)20(9-4-5-10-20)19(23)22-11-8-17(14-22)13-21-3/h6-7,12,17,21H,4-5,8-11,13-14H2,1-3H3. The van der Waals surface area contributed by atoms with Gasteiger partial charge in [0.15, 0.2) is 14.6 Å². The highest BCUT2D eigenvalue weighted by molar-refractivity contribution is 7.93. The van der Waals surface area contributed by atoms with Crippen LogP contribution >= 0.6 is 0 Å². The van der Waals surface area contributed by atoms with E-state index in [1.54, 1.807) is 11.0 Å². The molecule has 26 heavy (non-hydrogen) atoms. The summed E-state index contributed by atoms with van der Waals surface area (Å²) < 4.78 is 26.1. The van der Waals surface area contributed by atoms with Crippen LogP contribution in [0.3, 0.4) is 0 Å². The van der Waals surface area contributed by atoms with Gasteiger partial charge in [-0.3, -0.25) is 4.79 Å². The normalized spacial score (nSPS) is 22.7. The highest BCUT2D eigenvalue weighted by atomic mass is 32.2. The minimum absolute atomic E-state index is 0.172. The number of hydrogen-bond donors (Lipinski definition) is 1. The second-order valence-electron chi connectivity index (χ2n) is 7.94. The van der Waals surface area contributed by atoms with E-state index in [0.717, 1.165) is 36.9 Å². The van der Waals surface area contributed by atoms with Gasteiger partial charge in [-0.2, -0.15) is 0 Å². The Morgan fingerprint density at radius 3 is 2.62 bits per heavy atom. The van der Waals surface area contributed by atoms with Crippen molar-refractivity contribution in [2.45, 2.75) is 55.6 Å². The summed E-state index contributed by atoms with van der Waals surface area (Å²) in [7, 11) is -1.82. The van der Waals surface area contributed by atoms with Gasteiger partial charge in [-0.1, -0.05) is 25.0 Å². The van der Waals surface area contributed by atoms with E-state index < -0.39 is 14.6 Å². The molecule has 144 valence electrons. The van der Waals surface area contributed by atoms with Crippen molar-refractivity contribution in [3.63, 3.8) is 0 Å². The van der Waals surface area contributed by atoms with E-state index in [9.17, 15) is 13.2 Å². The molecule has 1 heterocycles. The van der Waals surface area contributed by atoms with Gasteiger partial charge in [0, 0.05) is 13.1 Å². The van der Waals surface area contributed by atoms with Crippen LogP contribution in [0.2, 0.25) is 0 Å². The molecule has 1 unspecified atom stereocenters. The average molecular weight is 379 g/mol. The molecular formula is C20H30N2O3S. The van der Waals surface area contributed by atoms with Gasteiger partial charge in [-0.05, 0) is 69.8 Å². The molecule has 1 saturated heterocycles. The van der Waals surface area contributed by atoms with Crippen LogP contribution in [0.15, 0.2) is 23.1 Å². The Bertz CT molecular complexity index is 782. The van der Waals surface area contributed by atoms with Crippen molar-refractivity contribution in [2.24, 2.45) is 5.92 Å². The van der Waals surface area contributed by atoms with Gasteiger partial charge in [0.05, 0.1) is 4.90 Å². The maximum absolute atomic E-state index is 13.7. The Morgan fingerprint density at radius 2 is 1.96 bits per heavy atom. The fourth-order valence-corrected chi connectivity index (χ4v) is 6.95. The summed E-state index contributed by atoms with van der Waals surface area (Å²) in [6, 6.07) is 5.49. The van der Waals surface area contributed by atoms with Gasteiger partial charge in [0.25, 0.3) is 0 Å². The van der Waals surface area contributed by atoms with E-state index in [1.807, 2.05) is 33.0 Å². The number of rotatable bonds is 5. The highest BCUT2D eigenvalue weighted by Gasteiger charge is 2.55. The Morgan fingerprint density at radius 1 is 1.27 bits per heavy atom. The van der Waals surface area contributed by atoms with E-state index in [4.69, 9.17) is 0 Å².